The van der Waals surface area contributed by atoms with Crippen LogP contribution in [0.5, 0.6) is 0 Å². The van der Waals surface area contributed by atoms with Crippen molar-refractivity contribution in [3.63, 3.8) is 0 Å². The maximum absolute atomic E-state index is 6.36. The van der Waals surface area contributed by atoms with Crippen molar-refractivity contribution in [1.82, 2.24) is 4.98 Å². The van der Waals surface area contributed by atoms with Gasteiger partial charge in [0.1, 0.15) is 0 Å². The monoisotopic (exact) mass is 411 g/mol. The molecule has 6 rings (SSSR count). The first kappa shape index (κ1) is 18.3. The second-order valence-corrected chi connectivity index (χ2v) is 10.2. The first-order valence-corrected chi connectivity index (χ1v) is 11.1. The van der Waals surface area contributed by atoms with Crippen LogP contribution in [0.1, 0.15) is 27.7 Å². The smallest absolute Gasteiger partial charge is 0.398 e. The number of benzene rings is 3. The second-order valence-electron chi connectivity index (χ2n) is 9.09. The van der Waals surface area contributed by atoms with E-state index in [4.69, 9.17) is 14.3 Å². The molecule has 30 heavy (non-hydrogen) atoms. The van der Waals surface area contributed by atoms with Crippen molar-refractivity contribution in [1.29, 1.82) is 0 Å². The van der Waals surface area contributed by atoms with E-state index in [1.54, 1.807) is 0 Å². The van der Waals surface area contributed by atoms with Crippen molar-refractivity contribution in [3.8, 4) is 0 Å². The summed E-state index contributed by atoms with van der Waals surface area (Å²) in [6.45, 7) is 8.32. The third-order valence-corrected chi connectivity index (χ3v) is 7.84. The topological polar surface area (TPSA) is 31.4 Å². The van der Waals surface area contributed by atoms with Crippen LogP contribution in [0.4, 0.5) is 0 Å². The molecule has 0 bridgehead atoms. The van der Waals surface area contributed by atoms with Gasteiger partial charge in [0, 0.05) is 30.9 Å². The van der Waals surface area contributed by atoms with Gasteiger partial charge < -0.3 is 9.31 Å². The maximum atomic E-state index is 6.36. The predicted octanol–water partition coefficient (Wildman–Crippen LogP) is 6.06. The van der Waals surface area contributed by atoms with E-state index < -0.39 is 18.3 Å². The number of fused-ring (bicyclic) bond motifs is 6. The molecule has 2 aromatic heterocycles. The van der Waals surface area contributed by atoms with Crippen LogP contribution in [-0.4, -0.2) is 23.3 Å². The summed E-state index contributed by atoms with van der Waals surface area (Å²) in [6, 6.07) is 21.6. The average molecular weight is 411 g/mol. The highest BCUT2D eigenvalue weighted by molar-refractivity contribution is 7.25. The average Bonchev–Trinajstić information content (AvgIpc) is 3.18. The predicted molar refractivity (Wildman–Crippen MR) is 128 cm³/mol. The summed E-state index contributed by atoms with van der Waals surface area (Å²) < 4.78 is 15.3. The first-order chi connectivity index (χ1) is 14.3. The number of aromatic nitrogens is 1. The summed E-state index contributed by atoms with van der Waals surface area (Å²) in [7, 11) is -0.484. The van der Waals surface area contributed by atoms with Gasteiger partial charge in [0.25, 0.3) is 0 Å². The molecule has 0 unspecified atom stereocenters. The number of thiophene rings is 1. The van der Waals surface area contributed by atoms with E-state index in [1.807, 2.05) is 11.3 Å². The van der Waals surface area contributed by atoms with Gasteiger partial charge >= 0.3 is 7.12 Å². The fourth-order valence-electron chi connectivity index (χ4n) is 4.33. The van der Waals surface area contributed by atoms with E-state index in [2.05, 4.69) is 88.4 Å². The summed E-state index contributed by atoms with van der Waals surface area (Å²) in [6.07, 6.45) is 0. The Labute approximate surface area is 179 Å². The molecule has 1 fully saturated rings. The molecule has 0 aliphatic carbocycles. The van der Waals surface area contributed by atoms with Gasteiger partial charge in [-0.05, 0) is 51.3 Å². The minimum absolute atomic E-state index is 0.398. The highest BCUT2D eigenvalue weighted by atomic mass is 32.1. The Kier molecular flexibility index (Phi) is 3.69. The zero-order valence-corrected chi connectivity index (χ0v) is 18.3. The van der Waals surface area contributed by atoms with E-state index in [-0.39, 0.29) is 0 Å². The van der Waals surface area contributed by atoms with E-state index >= 15 is 0 Å². The lowest BCUT2D eigenvalue weighted by molar-refractivity contribution is 0.00578. The quantitative estimate of drug-likeness (QED) is 0.248. The number of hydrogen-bond donors (Lipinski definition) is 0. The largest absolute Gasteiger partial charge is 0.515 e. The standard InChI is InChI=1S/C25H22BNO2S/c1-24(2)25(3,4)29-26(28-24)23-17-11-6-5-9-15(17)18-13-19-16-10-7-8-12-21(16)30-22(19)14-20(18)27-23/h5-14H,1-4H3. The zero-order chi connectivity index (χ0) is 20.7. The Morgan fingerprint density at radius 2 is 1.33 bits per heavy atom. The van der Waals surface area contributed by atoms with E-state index in [9.17, 15) is 0 Å². The van der Waals surface area contributed by atoms with Gasteiger partial charge in [0.05, 0.1) is 22.3 Å². The third-order valence-electron chi connectivity index (χ3n) is 6.71. The summed E-state index contributed by atoms with van der Waals surface area (Å²) in [5, 5.41) is 6.03. The van der Waals surface area contributed by atoms with Gasteiger partial charge in [-0.15, -0.1) is 11.3 Å². The lowest BCUT2D eigenvalue weighted by atomic mass is 9.80. The molecule has 148 valence electrons. The Morgan fingerprint density at radius 3 is 2.07 bits per heavy atom. The molecule has 0 spiro atoms. The summed E-state index contributed by atoms with van der Waals surface area (Å²) in [5.41, 5.74) is 1.05. The van der Waals surface area contributed by atoms with Crippen molar-refractivity contribution < 1.29 is 9.31 Å². The Hall–Kier alpha value is -2.47. The molecule has 3 aromatic carbocycles. The van der Waals surface area contributed by atoms with Crippen molar-refractivity contribution in [3.05, 3.63) is 60.7 Å². The Balaban J connectivity index is 1.66. The fraction of sp³-hybridized carbons (Fsp3) is 0.240. The molecule has 0 N–H and O–H groups in total. The van der Waals surface area contributed by atoms with Crippen LogP contribution >= 0.6 is 11.3 Å². The Bertz CT molecular complexity index is 1450. The van der Waals surface area contributed by atoms with E-state index in [0.29, 0.717) is 0 Å². The molecule has 0 amide bonds. The summed E-state index contributed by atoms with van der Waals surface area (Å²) in [5.74, 6) is 0. The van der Waals surface area contributed by atoms with Crippen LogP contribution in [0, 0.1) is 0 Å². The molecule has 3 nitrogen and oxygen atoms in total. The van der Waals surface area contributed by atoms with Crippen LogP contribution in [0.15, 0.2) is 60.7 Å². The molecule has 1 aliphatic rings. The van der Waals surface area contributed by atoms with Crippen molar-refractivity contribution >= 4 is 65.9 Å². The molecule has 1 aliphatic heterocycles. The summed E-state index contributed by atoms with van der Waals surface area (Å²) >= 11 is 1.82. The molecule has 3 heterocycles. The Morgan fingerprint density at radius 1 is 0.700 bits per heavy atom. The molecule has 0 saturated carbocycles. The van der Waals surface area contributed by atoms with Gasteiger partial charge in [-0.25, -0.2) is 0 Å². The van der Waals surface area contributed by atoms with Gasteiger partial charge in [-0.1, -0.05) is 42.5 Å². The van der Waals surface area contributed by atoms with Gasteiger partial charge in [0.2, 0.25) is 0 Å². The van der Waals surface area contributed by atoms with Crippen molar-refractivity contribution in [2.45, 2.75) is 38.9 Å². The van der Waals surface area contributed by atoms with E-state index in [1.165, 1.54) is 30.9 Å². The molecule has 5 aromatic rings. The number of hydrogen-bond acceptors (Lipinski definition) is 4. The summed E-state index contributed by atoms with van der Waals surface area (Å²) in [4.78, 5) is 5.09. The van der Waals surface area contributed by atoms with Gasteiger partial charge in [-0.3, -0.25) is 4.98 Å². The normalized spacial score (nSPS) is 18.2. The van der Waals surface area contributed by atoms with Gasteiger partial charge in [0.15, 0.2) is 0 Å². The van der Waals surface area contributed by atoms with Crippen LogP contribution in [-0.2, 0) is 9.31 Å². The number of nitrogens with zero attached hydrogens (tertiary/aromatic N) is 1. The minimum Gasteiger partial charge on any atom is -0.398 e. The SMILES string of the molecule is CC1(C)OB(c2nc3cc4sc5ccccc5c4cc3c3ccccc23)OC1(C)C. The molecular formula is C25H22BNO2S. The van der Waals surface area contributed by atoms with Crippen LogP contribution in [0.3, 0.4) is 0 Å². The molecular weight excluding hydrogens is 389 g/mol. The van der Waals surface area contributed by atoms with Crippen LogP contribution in [0.2, 0.25) is 0 Å². The minimum atomic E-state index is -0.484. The zero-order valence-electron chi connectivity index (χ0n) is 17.5. The van der Waals surface area contributed by atoms with Crippen molar-refractivity contribution in [2.24, 2.45) is 0 Å². The lowest BCUT2D eigenvalue weighted by Crippen LogP contribution is -2.41. The van der Waals surface area contributed by atoms with Gasteiger partial charge in [-0.2, -0.15) is 0 Å². The van der Waals surface area contributed by atoms with Crippen LogP contribution in [0.25, 0.3) is 41.8 Å². The van der Waals surface area contributed by atoms with Crippen molar-refractivity contribution in [2.75, 3.05) is 0 Å². The number of rotatable bonds is 1. The highest BCUT2D eigenvalue weighted by Crippen LogP contribution is 2.39. The molecule has 5 heteroatoms. The first-order valence-electron chi connectivity index (χ1n) is 10.3. The fourth-order valence-corrected chi connectivity index (χ4v) is 5.46. The van der Waals surface area contributed by atoms with Crippen LogP contribution < -0.4 is 5.59 Å². The third kappa shape index (κ3) is 2.49. The molecule has 1 saturated heterocycles. The highest BCUT2D eigenvalue weighted by Gasteiger charge is 2.52. The molecule has 0 atom stereocenters. The maximum Gasteiger partial charge on any atom is 0.515 e. The second kappa shape index (κ2) is 6.04. The van der Waals surface area contributed by atoms with E-state index in [0.717, 1.165) is 16.5 Å². The molecule has 0 radical (unpaired) electrons. The number of pyridine rings is 1. The lowest BCUT2D eigenvalue weighted by Gasteiger charge is -2.32.